The van der Waals surface area contributed by atoms with E-state index in [-0.39, 0.29) is 28.6 Å². The van der Waals surface area contributed by atoms with Gasteiger partial charge in [0.1, 0.15) is 0 Å². The Balaban J connectivity index is 0.00000484. The van der Waals surface area contributed by atoms with Crippen LogP contribution in [0.2, 0.25) is 0 Å². The van der Waals surface area contributed by atoms with Gasteiger partial charge in [0, 0.05) is 33.3 Å². The third kappa shape index (κ3) is 5.46. The molecule has 132 valence electrons. The van der Waals surface area contributed by atoms with Crippen LogP contribution < -0.4 is 5.73 Å². The average molecular weight is 364 g/mol. The minimum atomic E-state index is -3.66. The van der Waals surface area contributed by atoms with E-state index in [1.807, 2.05) is 13.8 Å². The van der Waals surface area contributed by atoms with Crippen LogP contribution in [0.15, 0.2) is 29.2 Å². The van der Waals surface area contributed by atoms with Crippen LogP contribution in [0.3, 0.4) is 0 Å². The fraction of sp³-hybridized carbons (Fsp3) is 0.533. The van der Waals surface area contributed by atoms with Crippen molar-refractivity contribution in [3.05, 3.63) is 29.8 Å². The predicted molar refractivity (Wildman–Crippen MR) is 94.4 cm³/mol. The molecule has 1 aromatic rings. The van der Waals surface area contributed by atoms with Gasteiger partial charge < -0.3 is 10.6 Å². The summed E-state index contributed by atoms with van der Waals surface area (Å²) in [6, 6.07) is 6.08. The first-order valence-electron chi connectivity index (χ1n) is 6.99. The number of halogens is 1. The van der Waals surface area contributed by atoms with Crippen molar-refractivity contribution >= 4 is 28.3 Å². The Bertz CT molecular complexity index is 645. The summed E-state index contributed by atoms with van der Waals surface area (Å²) in [5, 5.41) is 0. The van der Waals surface area contributed by atoms with Gasteiger partial charge in [-0.25, -0.2) is 12.7 Å². The van der Waals surface area contributed by atoms with Gasteiger partial charge in [0.25, 0.3) is 5.91 Å². The number of carbonyl (C=O) groups is 1. The zero-order valence-electron chi connectivity index (χ0n) is 14.2. The van der Waals surface area contributed by atoms with Crippen molar-refractivity contribution in [2.24, 2.45) is 11.1 Å². The number of nitrogens with zero attached hydrogens (tertiary/aromatic N) is 2. The molecule has 1 aromatic carbocycles. The molecule has 2 N–H and O–H groups in total. The average Bonchev–Trinajstić information content (AvgIpc) is 2.46. The van der Waals surface area contributed by atoms with Gasteiger partial charge in [0.05, 0.1) is 4.90 Å². The van der Waals surface area contributed by atoms with Crippen LogP contribution in [0.4, 0.5) is 0 Å². The van der Waals surface area contributed by atoms with Crippen molar-refractivity contribution in [3.8, 4) is 0 Å². The Morgan fingerprint density at radius 2 is 1.78 bits per heavy atom. The van der Waals surface area contributed by atoms with Crippen LogP contribution in [-0.4, -0.2) is 57.8 Å². The molecule has 0 aliphatic rings. The smallest absolute Gasteiger partial charge is 0.253 e. The van der Waals surface area contributed by atoms with Crippen molar-refractivity contribution in [2.75, 3.05) is 34.2 Å². The monoisotopic (exact) mass is 363 g/mol. The standard InChI is InChI=1S/C15H25N3O3S.ClH/c1-15(2,10-16)11-18(5)22(20,21)13-8-6-7-12(9-13)14(19)17(3)4;/h6-9H,10-11,16H2,1-5H3;1H. The summed E-state index contributed by atoms with van der Waals surface area (Å²) in [7, 11) is 1.11. The molecular weight excluding hydrogens is 338 g/mol. The quantitative estimate of drug-likeness (QED) is 0.828. The van der Waals surface area contributed by atoms with E-state index in [2.05, 4.69) is 0 Å². The Morgan fingerprint density at radius 1 is 1.22 bits per heavy atom. The van der Waals surface area contributed by atoms with Crippen molar-refractivity contribution in [3.63, 3.8) is 0 Å². The van der Waals surface area contributed by atoms with Crippen LogP contribution in [-0.2, 0) is 10.0 Å². The zero-order chi connectivity index (χ0) is 17.1. The van der Waals surface area contributed by atoms with E-state index in [1.54, 1.807) is 26.2 Å². The number of sulfonamides is 1. The Labute approximate surface area is 145 Å². The molecule has 0 spiro atoms. The Kier molecular flexibility index (Phi) is 7.69. The molecule has 0 fully saturated rings. The van der Waals surface area contributed by atoms with E-state index in [0.29, 0.717) is 18.7 Å². The highest BCUT2D eigenvalue weighted by atomic mass is 35.5. The molecule has 0 heterocycles. The lowest BCUT2D eigenvalue weighted by Crippen LogP contribution is -2.39. The van der Waals surface area contributed by atoms with Gasteiger partial charge in [-0.05, 0) is 30.2 Å². The fourth-order valence-electron chi connectivity index (χ4n) is 1.98. The number of hydrogen-bond donors (Lipinski definition) is 1. The maximum atomic E-state index is 12.6. The number of amides is 1. The summed E-state index contributed by atoms with van der Waals surface area (Å²) in [6.45, 7) is 4.50. The van der Waals surface area contributed by atoms with Gasteiger partial charge in [-0.3, -0.25) is 4.79 Å². The minimum Gasteiger partial charge on any atom is -0.345 e. The van der Waals surface area contributed by atoms with Crippen molar-refractivity contribution < 1.29 is 13.2 Å². The summed E-state index contributed by atoms with van der Waals surface area (Å²) < 4.78 is 26.5. The minimum absolute atomic E-state index is 0. The van der Waals surface area contributed by atoms with Gasteiger partial charge in [0.15, 0.2) is 0 Å². The predicted octanol–water partition coefficient (Wildman–Crippen LogP) is 1.42. The van der Waals surface area contributed by atoms with Gasteiger partial charge in [0.2, 0.25) is 10.0 Å². The molecule has 0 saturated heterocycles. The van der Waals surface area contributed by atoms with Crippen LogP contribution >= 0.6 is 12.4 Å². The lowest BCUT2D eigenvalue weighted by atomic mass is 9.94. The highest BCUT2D eigenvalue weighted by Crippen LogP contribution is 2.21. The maximum absolute atomic E-state index is 12.6. The third-order valence-electron chi connectivity index (χ3n) is 3.40. The first-order chi connectivity index (χ1) is 10.0. The number of nitrogens with two attached hydrogens (primary N) is 1. The van der Waals surface area contributed by atoms with Crippen LogP contribution in [0.5, 0.6) is 0 Å². The number of rotatable bonds is 6. The van der Waals surface area contributed by atoms with Gasteiger partial charge in [-0.2, -0.15) is 0 Å². The maximum Gasteiger partial charge on any atom is 0.253 e. The second-order valence-corrected chi connectivity index (χ2v) is 8.40. The lowest BCUT2D eigenvalue weighted by molar-refractivity contribution is 0.0827. The molecule has 0 aliphatic heterocycles. The molecule has 23 heavy (non-hydrogen) atoms. The first kappa shape index (κ1) is 21.9. The molecule has 0 unspecified atom stereocenters. The van der Waals surface area contributed by atoms with Crippen LogP contribution in [0, 0.1) is 5.41 Å². The second-order valence-electron chi connectivity index (χ2n) is 6.36. The summed E-state index contributed by atoms with van der Waals surface area (Å²) in [5.41, 5.74) is 5.69. The molecule has 0 bridgehead atoms. The van der Waals surface area contributed by atoms with Crippen molar-refractivity contribution in [2.45, 2.75) is 18.7 Å². The lowest BCUT2D eigenvalue weighted by Gasteiger charge is -2.28. The van der Waals surface area contributed by atoms with E-state index in [0.717, 1.165) is 0 Å². The first-order valence-corrected chi connectivity index (χ1v) is 8.43. The van der Waals surface area contributed by atoms with Crippen LogP contribution in [0.25, 0.3) is 0 Å². The van der Waals surface area contributed by atoms with E-state index < -0.39 is 10.0 Å². The normalized spacial score (nSPS) is 12.0. The van der Waals surface area contributed by atoms with Crippen LogP contribution in [0.1, 0.15) is 24.2 Å². The summed E-state index contributed by atoms with van der Waals surface area (Å²) in [6.07, 6.45) is 0. The summed E-state index contributed by atoms with van der Waals surface area (Å²) in [4.78, 5) is 13.5. The van der Waals surface area contributed by atoms with E-state index in [1.165, 1.54) is 28.4 Å². The second kappa shape index (κ2) is 8.10. The van der Waals surface area contributed by atoms with Gasteiger partial charge in [-0.15, -0.1) is 12.4 Å². The molecule has 1 amide bonds. The third-order valence-corrected chi connectivity index (χ3v) is 5.20. The molecule has 1 rings (SSSR count). The molecule has 0 atom stereocenters. The fourth-order valence-corrected chi connectivity index (χ4v) is 3.39. The van der Waals surface area contributed by atoms with E-state index >= 15 is 0 Å². The van der Waals surface area contributed by atoms with Gasteiger partial charge in [-0.1, -0.05) is 19.9 Å². The molecule has 8 heteroatoms. The Morgan fingerprint density at radius 3 is 2.26 bits per heavy atom. The molecule has 0 aliphatic carbocycles. The molecule has 0 aromatic heterocycles. The van der Waals surface area contributed by atoms with Crippen molar-refractivity contribution in [1.82, 2.24) is 9.21 Å². The van der Waals surface area contributed by atoms with Crippen molar-refractivity contribution in [1.29, 1.82) is 0 Å². The topological polar surface area (TPSA) is 83.7 Å². The Hall–Kier alpha value is -1.15. The highest BCUT2D eigenvalue weighted by Gasteiger charge is 2.27. The largest absolute Gasteiger partial charge is 0.345 e. The molecular formula is C15H26ClN3O3S. The highest BCUT2D eigenvalue weighted by molar-refractivity contribution is 7.89. The van der Waals surface area contributed by atoms with E-state index in [9.17, 15) is 13.2 Å². The number of carbonyl (C=O) groups excluding carboxylic acids is 1. The summed E-state index contributed by atoms with van der Waals surface area (Å²) >= 11 is 0. The number of benzene rings is 1. The molecule has 6 nitrogen and oxygen atoms in total. The molecule has 0 saturated carbocycles. The summed E-state index contributed by atoms with van der Waals surface area (Å²) in [5.74, 6) is -0.234. The van der Waals surface area contributed by atoms with E-state index in [4.69, 9.17) is 5.73 Å². The molecule has 0 radical (unpaired) electrons. The SMILES string of the molecule is CN(C)C(=O)c1cccc(S(=O)(=O)N(C)CC(C)(C)CN)c1.Cl. The van der Waals surface area contributed by atoms with Gasteiger partial charge >= 0.3 is 0 Å². The number of hydrogen-bond acceptors (Lipinski definition) is 4. The zero-order valence-corrected chi connectivity index (χ0v) is 15.9.